The summed E-state index contributed by atoms with van der Waals surface area (Å²) in [5.41, 5.74) is 7.45. The second-order valence-electron chi connectivity index (χ2n) is 9.69. The van der Waals surface area contributed by atoms with Gasteiger partial charge in [-0.05, 0) is 75.2 Å². The van der Waals surface area contributed by atoms with Crippen LogP contribution in [-0.4, -0.2) is 37.2 Å². The van der Waals surface area contributed by atoms with Crippen molar-refractivity contribution >= 4 is 16.6 Å². The van der Waals surface area contributed by atoms with Crippen molar-refractivity contribution in [3.8, 4) is 11.3 Å². The molecule has 0 bridgehead atoms. The van der Waals surface area contributed by atoms with Gasteiger partial charge in [-0.2, -0.15) is 0 Å². The van der Waals surface area contributed by atoms with E-state index in [4.69, 9.17) is 4.98 Å². The average molecular weight is 457 g/mol. The van der Waals surface area contributed by atoms with Gasteiger partial charge in [-0.3, -0.25) is 0 Å². The van der Waals surface area contributed by atoms with E-state index < -0.39 is 0 Å². The number of nitrogens with zero attached hydrogens (tertiary/aromatic N) is 2. The van der Waals surface area contributed by atoms with Crippen LogP contribution in [0.4, 0.5) is 5.69 Å². The fraction of sp³-hybridized carbons (Fsp3) is 0.433. The summed E-state index contributed by atoms with van der Waals surface area (Å²) in [4.78, 5) is 7.68. The molecule has 34 heavy (non-hydrogen) atoms. The van der Waals surface area contributed by atoms with Crippen LogP contribution in [0.15, 0.2) is 61.3 Å². The van der Waals surface area contributed by atoms with Gasteiger partial charge in [0.2, 0.25) is 0 Å². The second kappa shape index (κ2) is 11.1. The molecule has 3 aromatic rings. The van der Waals surface area contributed by atoms with Crippen LogP contribution in [0.5, 0.6) is 0 Å². The highest BCUT2D eigenvalue weighted by Gasteiger charge is 2.37. The molecule has 1 aliphatic heterocycles. The molecule has 1 fully saturated rings. The number of nitrogens with one attached hydrogen (secondary N) is 2. The molecular weight excluding hydrogens is 416 g/mol. The summed E-state index contributed by atoms with van der Waals surface area (Å²) in [6.45, 7) is 11.5. The van der Waals surface area contributed by atoms with Crippen LogP contribution in [0.3, 0.4) is 0 Å². The third-order valence-electron chi connectivity index (χ3n) is 7.23. The summed E-state index contributed by atoms with van der Waals surface area (Å²) in [5.74, 6) is 0. The molecule has 1 aromatic heterocycles. The lowest BCUT2D eigenvalue weighted by molar-refractivity contribution is 0.371. The lowest BCUT2D eigenvalue weighted by Crippen LogP contribution is -2.44. The summed E-state index contributed by atoms with van der Waals surface area (Å²) in [5, 5.41) is 8.08. The van der Waals surface area contributed by atoms with E-state index in [9.17, 15) is 0 Å². The van der Waals surface area contributed by atoms with E-state index in [1.165, 1.54) is 27.8 Å². The molecule has 4 heteroatoms. The Kier molecular flexibility index (Phi) is 7.89. The fourth-order valence-corrected chi connectivity index (χ4v) is 5.36. The van der Waals surface area contributed by atoms with Crippen molar-refractivity contribution in [2.75, 3.05) is 31.6 Å². The molecule has 180 valence electrons. The van der Waals surface area contributed by atoms with Crippen molar-refractivity contribution < 1.29 is 0 Å². The number of hydrogen-bond donors (Lipinski definition) is 2. The summed E-state index contributed by atoms with van der Waals surface area (Å²) >= 11 is 0. The summed E-state index contributed by atoms with van der Waals surface area (Å²) in [7, 11) is 2.01. The van der Waals surface area contributed by atoms with Gasteiger partial charge in [0.15, 0.2) is 0 Å². The van der Waals surface area contributed by atoms with Crippen LogP contribution in [0, 0.1) is 0 Å². The topological polar surface area (TPSA) is 40.2 Å². The molecule has 4 rings (SSSR count). The molecule has 0 spiro atoms. The summed E-state index contributed by atoms with van der Waals surface area (Å²) in [6.07, 6.45) is 8.59. The van der Waals surface area contributed by atoms with E-state index in [2.05, 4.69) is 84.5 Å². The Morgan fingerprint density at radius 2 is 1.88 bits per heavy atom. The first-order valence-electron chi connectivity index (χ1n) is 12.9. The van der Waals surface area contributed by atoms with Crippen LogP contribution in [0.1, 0.15) is 50.7 Å². The molecule has 2 aromatic carbocycles. The van der Waals surface area contributed by atoms with Crippen LogP contribution < -0.4 is 15.5 Å². The molecule has 0 radical (unpaired) electrons. The van der Waals surface area contributed by atoms with Crippen LogP contribution in [0.2, 0.25) is 0 Å². The Balaban J connectivity index is 1.71. The van der Waals surface area contributed by atoms with E-state index in [-0.39, 0.29) is 5.54 Å². The number of anilines is 1. The highest BCUT2D eigenvalue weighted by Crippen LogP contribution is 2.37. The molecule has 1 unspecified atom stereocenters. The number of pyridine rings is 1. The first-order chi connectivity index (χ1) is 16.6. The van der Waals surface area contributed by atoms with Gasteiger partial charge >= 0.3 is 0 Å². The van der Waals surface area contributed by atoms with Crippen molar-refractivity contribution in [1.82, 2.24) is 15.6 Å². The molecule has 0 amide bonds. The van der Waals surface area contributed by atoms with Gasteiger partial charge in [-0.1, -0.05) is 63.2 Å². The van der Waals surface area contributed by atoms with Gasteiger partial charge in [0.25, 0.3) is 0 Å². The van der Waals surface area contributed by atoms with Gasteiger partial charge < -0.3 is 15.5 Å². The first kappa shape index (κ1) is 24.3. The van der Waals surface area contributed by atoms with Gasteiger partial charge in [-0.25, -0.2) is 4.98 Å². The predicted molar refractivity (Wildman–Crippen MR) is 147 cm³/mol. The Hall–Kier alpha value is -2.85. The van der Waals surface area contributed by atoms with Crippen LogP contribution >= 0.6 is 0 Å². The van der Waals surface area contributed by atoms with E-state index in [0.29, 0.717) is 0 Å². The van der Waals surface area contributed by atoms with Gasteiger partial charge in [0, 0.05) is 29.7 Å². The number of hydrogen-bond acceptors (Lipinski definition) is 4. The zero-order chi connectivity index (χ0) is 24.0. The highest BCUT2D eigenvalue weighted by molar-refractivity contribution is 5.95. The van der Waals surface area contributed by atoms with Gasteiger partial charge in [-0.15, -0.1) is 0 Å². The standard InChI is InChI=1S/C30H40N4/c1-5-16-30(32-7-3)17-19-34(22-30)29-21-27(33-28-20-23(6-2)12-15-26(28)29)25-13-10-24(11-14-25)9-8-18-31-4/h7,10-15,20-21,31-32H,3,5-6,8-9,16-19,22H2,1-2,4H3. The molecule has 0 saturated carbocycles. The Morgan fingerprint density at radius 3 is 2.59 bits per heavy atom. The average Bonchev–Trinajstić information content (AvgIpc) is 3.27. The predicted octanol–water partition coefficient (Wildman–Crippen LogP) is 6.10. The van der Waals surface area contributed by atoms with E-state index in [0.717, 1.165) is 69.4 Å². The third kappa shape index (κ3) is 5.28. The van der Waals surface area contributed by atoms with Crippen LogP contribution in [-0.2, 0) is 12.8 Å². The van der Waals surface area contributed by atoms with Crippen molar-refractivity contribution in [2.45, 2.75) is 57.9 Å². The maximum absolute atomic E-state index is 5.13. The quantitative estimate of drug-likeness (QED) is 0.342. The van der Waals surface area contributed by atoms with Crippen molar-refractivity contribution in [3.05, 3.63) is 72.4 Å². The normalized spacial score (nSPS) is 17.9. The maximum atomic E-state index is 5.13. The SMILES string of the molecule is C=CNC1(CCC)CCN(c2cc(-c3ccc(CCCNC)cc3)nc3cc(CC)ccc23)C1. The molecule has 1 saturated heterocycles. The summed E-state index contributed by atoms with van der Waals surface area (Å²) < 4.78 is 0. The molecule has 1 aliphatic rings. The smallest absolute Gasteiger partial charge is 0.0733 e. The lowest BCUT2D eigenvalue weighted by Gasteiger charge is -2.30. The Bertz CT molecular complexity index is 1100. The zero-order valence-corrected chi connectivity index (χ0v) is 21.2. The largest absolute Gasteiger partial charge is 0.384 e. The van der Waals surface area contributed by atoms with E-state index in [1.807, 2.05) is 13.2 Å². The van der Waals surface area contributed by atoms with E-state index >= 15 is 0 Å². The minimum absolute atomic E-state index is 0.102. The minimum atomic E-state index is 0.102. The molecule has 1 atom stereocenters. The zero-order valence-electron chi connectivity index (χ0n) is 21.2. The van der Waals surface area contributed by atoms with Crippen molar-refractivity contribution in [3.63, 3.8) is 0 Å². The second-order valence-corrected chi connectivity index (χ2v) is 9.69. The third-order valence-corrected chi connectivity index (χ3v) is 7.23. The number of aromatic nitrogens is 1. The highest BCUT2D eigenvalue weighted by atomic mass is 15.2. The van der Waals surface area contributed by atoms with E-state index in [1.54, 1.807) is 0 Å². The number of aryl methyl sites for hydroxylation is 2. The first-order valence-corrected chi connectivity index (χ1v) is 12.9. The lowest BCUT2D eigenvalue weighted by atomic mass is 9.93. The number of rotatable bonds is 11. The minimum Gasteiger partial charge on any atom is -0.384 e. The van der Waals surface area contributed by atoms with Gasteiger partial charge in [0.1, 0.15) is 0 Å². The van der Waals surface area contributed by atoms with Crippen LogP contribution in [0.25, 0.3) is 22.2 Å². The maximum Gasteiger partial charge on any atom is 0.0733 e. The monoisotopic (exact) mass is 456 g/mol. The fourth-order valence-electron chi connectivity index (χ4n) is 5.36. The molecule has 4 nitrogen and oxygen atoms in total. The molecule has 2 N–H and O–H groups in total. The Morgan fingerprint density at radius 1 is 1.09 bits per heavy atom. The molecule has 2 heterocycles. The molecule has 0 aliphatic carbocycles. The Labute approximate surface area is 205 Å². The van der Waals surface area contributed by atoms with Crippen molar-refractivity contribution in [2.24, 2.45) is 0 Å². The van der Waals surface area contributed by atoms with Gasteiger partial charge in [0.05, 0.1) is 16.7 Å². The number of fused-ring (bicyclic) bond motifs is 1. The molecular formula is C30H40N4. The number of benzene rings is 2. The van der Waals surface area contributed by atoms with Crippen molar-refractivity contribution in [1.29, 1.82) is 0 Å². The summed E-state index contributed by atoms with van der Waals surface area (Å²) in [6, 6.07) is 18.1.